The summed E-state index contributed by atoms with van der Waals surface area (Å²) in [6.07, 6.45) is 1.75. The van der Waals surface area contributed by atoms with Gasteiger partial charge in [0.1, 0.15) is 5.82 Å². The largest absolute Gasteiger partial charge is 0.340 e. The molecule has 1 aromatic heterocycles. The lowest BCUT2D eigenvalue weighted by molar-refractivity contribution is -0.131. The smallest absolute Gasteiger partial charge is 0.223 e. The number of aromatic nitrogens is 1. The molecule has 0 saturated heterocycles. The van der Waals surface area contributed by atoms with E-state index in [0.717, 1.165) is 5.69 Å². The third-order valence-corrected chi connectivity index (χ3v) is 3.59. The molecule has 0 bridgehead atoms. The van der Waals surface area contributed by atoms with E-state index in [-0.39, 0.29) is 23.7 Å². The molecule has 2 rings (SSSR count). The number of Topliss-reactive ketones (excluding diaryl/α,β-unsaturated/α-hetero) is 1. The van der Waals surface area contributed by atoms with Gasteiger partial charge in [-0.05, 0) is 24.3 Å². The molecule has 1 unspecified atom stereocenters. The van der Waals surface area contributed by atoms with Crippen molar-refractivity contribution in [2.24, 2.45) is 5.92 Å². The maximum Gasteiger partial charge on any atom is 0.223 e. The van der Waals surface area contributed by atoms with Crippen LogP contribution in [0.5, 0.6) is 0 Å². The molecule has 1 amide bonds. The first-order valence-electron chi connectivity index (χ1n) is 7.41. The molecule has 4 nitrogen and oxygen atoms in total. The summed E-state index contributed by atoms with van der Waals surface area (Å²) in [6, 6.07) is 11.0. The third-order valence-electron chi connectivity index (χ3n) is 3.59. The topological polar surface area (TPSA) is 50.3 Å². The molecular formula is C18H19FN2O2. The standard InChI is InChI=1S/C18H19FN2O2/c1-13(18(23)14-6-5-7-15(19)11-14)10-17(22)21(2)12-16-8-3-4-9-20-16/h3-9,11,13H,10,12H2,1-2H3. The number of halogens is 1. The summed E-state index contributed by atoms with van der Waals surface area (Å²) in [6.45, 7) is 2.07. The summed E-state index contributed by atoms with van der Waals surface area (Å²) in [5, 5.41) is 0. The zero-order chi connectivity index (χ0) is 16.8. The minimum atomic E-state index is -0.504. The van der Waals surface area contributed by atoms with Crippen molar-refractivity contribution in [1.29, 1.82) is 0 Å². The summed E-state index contributed by atoms with van der Waals surface area (Å²) >= 11 is 0. The number of hydrogen-bond acceptors (Lipinski definition) is 3. The number of carbonyl (C=O) groups excluding carboxylic acids is 2. The van der Waals surface area contributed by atoms with Gasteiger partial charge in [-0.3, -0.25) is 14.6 Å². The van der Waals surface area contributed by atoms with Gasteiger partial charge >= 0.3 is 0 Å². The molecule has 1 atom stereocenters. The number of pyridine rings is 1. The van der Waals surface area contributed by atoms with Crippen LogP contribution < -0.4 is 0 Å². The summed E-state index contributed by atoms with van der Waals surface area (Å²) in [4.78, 5) is 30.2. The van der Waals surface area contributed by atoms with Crippen molar-refractivity contribution in [2.75, 3.05) is 7.05 Å². The Bertz CT molecular complexity index is 688. The molecule has 0 aliphatic rings. The molecule has 0 fully saturated rings. The number of ketones is 1. The minimum Gasteiger partial charge on any atom is -0.340 e. The maximum absolute atomic E-state index is 13.2. The molecule has 0 aliphatic carbocycles. The van der Waals surface area contributed by atoms with Crippen LogP contribution >= 0.6 is 0 Å². The van der Waals surface area contributed by atoms with E-state index in [1.165, 1.54) is 23.1 Å². The maximum atomic E-state index is 13.2. The average molecular weight is 314 g/mol. The second-order valence-electron chi connectivity index (χ2n) is 5.55. The molecule has 5 heteroatoms. The van der Waals surface area contributed by atoms with Crippen LogP contribution in [0, 0.1) is 11.7 Å². The number of nitrogens with zero attached hydrogens (tertiary/aromatic N) is 2. The first kappa shape index (κ1) is 16.8. The van der Waals surface area contributed by atoms with E-state index in [1.54, 1.807) is 26.2 Å². The Morgan fingerprint density at radius 1 is 1.22 bits per heavy atom. The monoisotopic (exact) mass is 314 g/mol. The third kappa shape index (κ3) is 4.71. The second-order valence-corrected chi connectivity index (χ2v) is 5.55. The summed E-state index contributed by atoms with van der Waals surface area (Å²) in [5.41, 5.74) is 1.07. The highest BCUT2D eigenvalue weighted by atomic mass is 19.1. The van der Waals surface area contributed by atoms with Gasteiger partial charge in [-0.15, -0.1) is 0 Å². The Morgan fingerprint density at radius 3 is 2.65 bits per heavy atom. The number of amides is 1. The van der Waals surface area contributed by atoms with E-state index < -0.39 is 11.7 Å². The molecule has 1 heterocycles. The van der Waals surface area contributed by atoms with Crippen molar-refractivity contribution in [3.8, 4) is 0 Å². The highest BCUT2D eigenvalue weighted by molar-refractivity contribution is 5.99. The first-order valence-corrected chi connectivity index (χ1v) is 7.41. The summed E-state index contributed by atoms with van der Waals surface area (Å²) < 4.78 is 13.2. The van der Waals surface area contributed by atoms with Crippen molar-refractivity contribution >= 4 is 11.7 Å². The Kier molecular flexibility index (Phi) is 5.57. The van der Waals surface area contributed by atoms with Crippen molar-refractivity contribution in [3.05, 3.63) is 65.7 Å². The van der Waals surface area contributed by atoms with Gasteiger partial charge in [0.2, 0.25) is 5.91 Å². The molecule has 0 radical (unpaired) electrons. The van der Waals surface area contributed by atoms with Gasteiger partial charge in [-0.1, -0.05) is 25.1 Å². The van der Waals surface area contributed by atoms with Crippen LogP contribution in [0.2, 0.25) is 0 Å². The predicted octanol–water partition coefficient (Wildman–Crippen LogP) is 3.09. The van der Waals surface area contributed by atoms with Gasteiger partial charge in [-0.2, -0.15) is 0 Å². The van der Waals surface area contributed by atoms with Crippen molar-refractivity contribution in [3.63, 3.8) is 0 Å². The van der Waals surface area contributed by atoms with Crippen molar-refractivity contribution < 1.29 is 14.0 Å². The molecule has 2 aromatic rings. The summed E-state index contributed by atoms with van der Waals surface area (Å²) in [5.74, 6) is -1.34. The lowest BCUT2D eigenvalue weighted by atomic mass is 9.96. The van der Waals surface area contributed by atoms with Gasteiger partial charge in [0.25, 0.3) is 0 Å². The van der Waals surface area contributed by atoms with Gasteiger partial charge in [0, 0.05) is 31.1 Å². The van der Waals surface area contributed by atoms with Gasteiger partial charge < -0.3 is 4.90 Å². The molecule has 1 aromatic carbocycles. The number of benzene rings is 1. The SMILES string of the molecule is CC(CC(=O)N(C)Cc1ccccn1)C(=O)c1cccc(F)c1. The van der Waals surface area contributed by atoms with Crippen LogP contribution in [0.4, 0.5) is 4.39 Å². The van der Waals surface area contributed by atoms with E-state index in [2.05, 4.69) is 4.98 Å². The van der Waals surface area contributed by atoms with Crippen LogP contribution in [0.15, 0.2) is 48.7 Å². The van der Waals surface area contributed by atoms with E-state index in [9.17, 15) is 14.0 Å². The molecule has 23 heavy (non-hydrogen) atoms. The Labute approximate surface area is 135 Å². The van der Waals surface area contributed by atoms with Crippen LogP contribution in [-0.2, 0) is 11.3 Å². The highest BCUT2D eigenvalue weighted by Crippen LogP contribution is 2.15. The fraction of sp³-hybridized carbons (Fsp3) is 0.278. The predicted molar refractivity (Wildman–Crippen MR) is 85.2 cm³/mol. The van der Waals surface area contributed by atoms with Crippen LogP contribution in [0.25, 0.3) is 0 Å². The fourth-order valence-corrected chi connectivity index (χ4v) is 2.26. The van der Waals surface area contributed by atoms with Gasteiger partial charge in [-0.25, -0.2) is 4.39 Å². The first-order chi connectivity index (χ1) is 11.0. The van der Waals surface area contributed by atoms with E-state index in [0.29, 0.717) is 6.54 Å². The van der Waals surface area contributed by atoms with E-state index in [1.807, 2.05) is 18.2 Å². The molecular weight excluding hydrogens is 295 g/mol. The quantitative estimate of drug-likeness (QED) is 0.770. The molecule has 0 N–H and O–H groups in total. The Hall–Kier alpha value is -2.56. The fourth-order valence-electron chi connectivity index (χ4n) is 2.26. The zero-order valence-electron chi connectivity index (χ0n) is 13.2. The number of carbonyl (C=O) groups is 2. The Morgan fingerprint density at radius 2 is 2.00 bits per heavy atom. The average Bonchev–Trinajstić information content (AvgIpc) is 2.54. The molecule has 0 spiro atoms. The highest BCUT2D eigenvalue weighted by Gasteiger charge is 2.21. The summed E-state index contributed by atoms with van der Waals surface area (Å²) in [7, 11) is 1.68. The van der Waals surface area contributed by atoms with E-state index in [4.69, 9.17) is 0 Å². The van der Waals surface area contributed by atoms with Crippen molar-refractivity contribution in [1.82, 2.24) is 9.88 Å². The molecule has 0 aliphatic heterocycles. The molecule has 120 valence electrons. The van der Waals surface area contributed by atoms with Crippen LogP contribution in [0.1, 0.15) is 29.4 Å². The van der Waals surface area contributed by atoms with Gasteiger partial charge in [0.15, 0.2) is 5.78 Å². The number of hydrogen-bond donors (Lipinski definition) is 0. The normalized spacial score (nSPS) is 11.8. The number of rotatable bonds is 6. The Balaban J connectivity index is 1.95. The van der Waals surface area contributed by atoms with Crippen molar-refractivity contribution in [2.45, 2.75) is 19.9 Å². The minimum absolute atomic E-state index is 0.0820. The van der Waals surface area contributed by atoms with Crippen LogP contribution in [0.3, 0.4) is 0 Å². The molecule has 0 saturated carbocycles. The lowest BCUT2D eigenvalue weighted by Gasteiger charge is -2.19. The van der Waals surface area contributed by atoms with Crippen LogP contribution in [-0.4, -0.2) is 28.6 Å². The second kappa shape index (κ2) is 7.63. The lowest BCUT2D eigenvalue weighted by Crippen LogP contribution is -2.29. The van der Waals surface area contributed by atoms with E-state index >= 15 is 0 Å². The zero-order valence-corrected chi connectivity index (χ0v) is 13.2. The van der Waals surface area contributed by atoms with Gasteiger partial charge in [0.05, 0.1) is 12.2 Å².